The van der Waals surface area contributed by atoms with Gasteiger partial charge in [-0.3, -0.25) is 0 Å². The van der Waals surface area contributed by atoms with Gasteiger partial charge in [0, 0.05) is 0 Å². The predicted octanol–water partition coefficient (Wildman–Crippen LogP) is -9.02. The molecular formula is C13H21KO13. The molecule has 0 bridgehead atoms. The molecule has 0 saturated carbocycles. The van der Waals surface area contributed by atoms with E-state index >= 15 is 0 Å². The van der Waals surface area contributed by atoms with Gasteiger partial charge in [0.25, 0.3) is 6.16 Å². The molecule has 2 saturated heterocycles. The van der Waals surface area contributed by atoms with Crippen LogP contribution in [0.25, 0.3) is 0 Å². The molecule has 0 aromatic carbocycles. The third kappa shape index (κ3) is 5.36. The number of rotatable bonds is 6. The Bertz CT molecular complexity index is 493. The van der Waals surface area contributed by atoms with E-state index in [-0.39, 0.29) is 51.4 Å². The van der Waals surface area contributed by atoms with E-state index in [9.17, 15) is 40.5 Å². The van der Waals surface area contributed by atoms with E-state index in [2.05, 4.69) is 4.74 Å². The van der Waals surface area contributed by atoms with Crippen LogP contribution in [0.5, 0.6) is 0 Å². The van der Waals surface area contributed by atoms with E-state index in [0.717, 1.165) is 0 Å². The van der Waals surface area contributed by atoms with Crippen LogP contribution in [0.1, 0.15) is 0 Å². The van der Waals surface area contributed by atoms with Gasteiger partial charge in [0.1, 0.15) is 42.7 Å². The molecule has 14 heteroatoms. The largest absolute Gasteiger partial charge is 1.00 e. The Morgan fingerprint density at radius 3 is 2.04 bits per heavy atom. The van der Waals surface area contributed by atoms with E-state index in [0.29, 0.717) is 0 Å². The molecule has 0 aromatic rings. The van der Waals surface area contributed by atoms with E-state index in [1.165, 1.54) is 0 Å². The van der Waals surface area contributed by atoms with Crippen molar-refractivity contribution in [1.82, 2.24) is 0 Å². The Hall–Kier alpha value is 0.506. The van der Waals surface area contributed by atoms with Gasteiger partial charge in [0.15, 0.2) is 6.29 Å². The number of ether oxygens (including phenoxy) is 4. The molecule has 27 heavy (non-hydrogen) atoms. The van der Waals surface area contributed by atoms with Crippen LogP contribution in [0.4, 0.5) is 4.79 Å². The van der Waals surface area contributed by atoms with E-state index in [1.54, 1.807) is 0 Å². The van der Waals surface area contributed by atoms with E-state index in [4.69, 9.17) is 19.3 Å². The van der Waals surface area contributed by atoms with Gasteiger partial charge >= 0.3 is 51.4 Å². The molecule has 7 N–H and O–H groups in total. The first-order chi connectivity index (χ1) is 12.2. The van der Waals surface area contributed by atoms with Crippen LogP contribution in [0.3, 0.4) is 0 Å². The van der Waals surface area contributed by atoms with E-state index < -0.39 is 80.8 Å². The zero-order valence-electron chi connectivity index (χ0n) is 14.3. The fourth-order valence-corrected chi connectivity index (χ4v) is 2.78. The second kappa shape index (κ2) is 10.5. The normalized spacial score (nSPS) is 44.6. The molecule has 0 spiro atoms. The minimum atomic E-state index is -2.43. The number of aliphatic hydroxyl groups excluding tert-OH is 7. The number of carbonyl (C=O) groups excluding carboxylic acids is 1. The minimum Gasteiger partial charge on any atom is -0.544 e. The molecule has 2 heterocycles. The summed E-state index contributed by atoms with van der Waals surface area (Å²) in [5, 5.41) is 78.4. The molecule has 13 nitrogen and oxygen atoms in total. The predicted molar refractivity (Wildman–Crippen MR) is 72.9 cm³/mol. The first kappa shape index (κ1) is 25.5. The van der Waals surface area contributed by atoms with Crippen LogP contribution in [-0.4, -0.2) is 117 Å². The number of carboxylic acid groups (broad SMARTS) is 1. The monoisotopic (exact) mass is 424 g/mol. The van der Waals surface area contributed by atoms with E-state index in [1.807, 2.05) is 0 Å². The number of aliphatic hydroxyl groups is 7. The number of hydrogen-bond acceptors (Lipinski definition) is 13. The third-order valence-corrected chi connectivity index (χ3v) is 4.24. The minimum absolute atomic E-state index is 0. The Labute approximate surface area is 195 Å². The first-order valence-electron chi connectivity index (χ1n) is 7.63. The SMILES string of the molecule is O=C([O-])OC[C@@]1(O[C@H]2O[C@H](CO)[C@@H](O)[C@H](O)[C@H]2O)O[C@H](CO)[C@@H](O)[C@@H]1O.[K+]. The molecule has 2 fully saturated rings. The molecule has 0 unspecified atom stereocenters. The maximum Gasteiger partial charge on any atom is 1.00 e. The summed E-state index contributed by atoms with van der Waals surface area (Å²) in [6.07, 6.45) is -15.6. The van der Waals surface area contributed by atoms with Crippen molar-refractivity contribution < 1.29 is 116 Å². The summed E-state index contributed by atoms with van der Waals surface area (Å²) in [6, 6.07) is 0. The molecule has 2 aliphatic rings. The van der Waals surface area contributed by atoms with Crippen molar-refractivity contribution in [3.8, 4) is 0 Å². The first-order valence-corrected chi connectivity index (χ1v) is 7.63. The van der Waals surface area contributed by atoms with Crippen LogP contribution in [-0.2, 0) is 18.9 Å². The molecule has 152 valence electrons. The second-order valence-electron chi connectivity index (χ2n) is 5.94. The average Bonchev–Trinajstić information content (AvgIpc) is 2.85. The number of carbonyl (C=O) groups is 1. The van der Waals surface area contributed by atoms with Crippen molar-refractivity contribution in [3.05, 3.63) is 0 Å². The van der Waals surface area contributed by atoms with Crippen molar-refractivity contribution in [1.29, 1.82) is 0 Å². The molecule has 2 rings (SSSR count). The van der Waals surface area contributed by atoms with Crippen molar-refractivity contribution in [2.24, 2.45) is 0 Å². The van der Waals surface area contributed by atoms with Crippen LogP contribution in [0.2, 0.25) is 0 Å². The third-order valence-electron chi connectivity index (χ3n) is 4.24. The van der Waals surface area contributed by atoms with Gasteiger partial charge in [-0.15, -0.1) is 0 Å². The summed E-state index contributed by atoms with van der Waals surface area (Å²) in [7, 11) is 0. The average molecular weight is 424 g/mol. The molecule has 0 radical (unpaired) electrons. The molecule has 9 atom stereocenters. The Morgan fingerprint density at radius 1 is 0.963 bits per heavy atom. The van der Waals surface area contributed by atoms with Crippen molar-refractivity contribution in [2.45, 2.75) is 54.8 Å². The quantitative estimate of drug-likeness (QED) is 0.156. The molecule has 0 aliphatic carbocycles. The summed E-state index contributed by atoms with van der Waals surface area (Å²) in [4.78, 5) is 10.6. The van der Waals surface area contributed by atoms with Crippen molar-refractivity contribution >= 4 is 6.16 Å². The number of hydrogen-bond donors (Lipinski definition) is 7. The summed E-state index contributed by atoms with van der Waals surface area (Å²) >= 11 is 0. The fourth-order valence-electron chi connectivity index (χ4n) is 2.78. The van der Waals surface area contributed by atoms with Crippen molar-refractivity contribution in [2.75, 3.05) is 19.8 Å². The van der Waals surface area contributed by atoms with Crippen LogP contribution >= 0.6 is 0 Å². The Kier molecular flexibility index (Phi) is 9.94. The van der Waals surface area contributed by atoms with Gasteiger partial charge in [-0.1, -0.05) is 0 Å². The van der Waals surface area contributed by atoms with Crippen molar-refractivity contribution in [3.63, 3.8) is 0 Å². The fraction of sp³-hybridized carbons (Fsp3) is 0.923. The topological polar surface area (TPSA) is 219 Å². The van der Waals surface area contributed by atoms with Crippen LogP contribution < -0.4 is 56.5 Å². The summed E-state index contributed by atoms with van der Waals surface area (Å²) in [5.41, 5.74) is 0. The van der Waals surface area contributed by atoms with Crippen LogP contribution in [0, 0.1) is 0 Å². The smallest absolute Gasteiger partial charge is 0.544 e. The van der Waals surface area contributed by atoms with Gasteiger partial charge in [-0.25, -0.2) is 0 Å². The Balaban J connectivity index is 0.00000364. The Morgan fingerprint density at radius 2 is 1.56 bits per heavy atom. The standard InChI is InChI=1S/C13H22O13.K/c14-1-4-6(16)8(18)9(19)11(24-4)26-13(3-23-12(21)22)10(20)7(17)5(2-15)25-13;/h4-11,14-20H,1-3H2,(H,21,22);/q;+1/p-1/t4-,5-,6-,7-,8+,9-,10+,11-,13+;/m1./s1. The summed E-state index contributed by atoms with van der Waals surface area (Å²) in [6.45, 7) is -2.58. The van der Waals surface area contributed by atoms with Gasteiger partial charge in [-0.05, 0) is 0 Å². The summed E-state index contributed by atoms with van der Waals surface area (Å²) in [5.74, 6) is -2.43. The maximum absolute atomic E-state index is 10.6. The summed E-state index contributed by atoms with van der Waals surface area (Å²) < 4.78 is 19.7. The van der Waals surface area contributed by atoms with Gasteiger partial charge in [-0.2, -0.15) is 0 Å². The second-order valence-corrected chi connectivity index (χ2v) is 5.94. The van der Waals surface area contributed by atoms with Crippen LogP contribution in [0.15, 0.2) is 0 Å². The zero-order chi connectivity index (χ0) is 19.6. The van der Waals surface area contributed by atoms with Gasteiger partial charge < -0.3 is 64.6 Å². The molecule has 2 aliphatic heterocycles. The van der Waals surface area contributed by atoms with Gasteiger partial charge in [0.2, 0.25) is 5.79 Å². The van der Waals surface area contributed by atoms with Gasteiger partial charge in [0.05, 0.1) is 19.8 Å². The zero-order valence-corrected chi connectivity index (χ0v) is 17.4. The maximum atomic E-state index is 10.6. The molecular weight excluding hydrogens is 403 g/mol. The molecule has 0 amide bonds. The molecule has 0 aromatic heterocycles.